The highest BCUT2D eigenvalue weighted by molar-refractivity contribution is 5.86. The molecule has 0 bridgehead atoms. The number of aliphatic hydroxyl groups is 1. The summed E-state index contributed by atoms with van der Waals surface area (Å²) in [6.45, 7) is 4.11. The van der Waals surface area contributed by atoms with Gasteiger partial charge in [0.2, 0.25) is 12.0 Å². The fourth-order valence-corrected chi connectivity index (χ4v) is 3.08. The standard InChI is InChI=1S/C22H24O8/c1-2-8-28-22(25)19-12-15(13-20(30-19)27-11-10-26-9-7-23)17-14-29-18-6-4-3-5-16(18)21(17)24/h2-6,12,14-15,20,23H,1,7-11,13H2/t15-,20+/m0/s1. The summed E-state index contributed by atoms with van der Waals surface area (Å²) in [5, 5.41) is 9.21. The second kappa shape index (κ2) is 10.7. The average molecular weight is 416 g/mol. The van der Waals surface area contributed by atoms with Gasteiger partial charge in [-0.05, 0) is 18.2 Å². The molecule has 0 saturated heterocycles. The lowest BCUT2D eigenvalue weighted by atomic mass is 9.93. The van der Waals surface area contributed by atoms with E-state index in [1.807, 2.05) is 0 Å². The van der Waals surface area contributed by atoms with Crippen LogP contribution in [0.1, 0.15) is 17.9 Å². The Balaban J connectivity index is 1.83. The van der Waals surface area contributed by atoms with Gasteiger partial charge in [0.25, 0.3) is 0 Å². The third kappa shape index (κ3) is 5.35. The van der Waals surface area contributed by atoms with Crippen LogP contribution in [-0.4, -0.2) is 50.4 Å². The molecule has 3 rings (SSSR count). The number of carbonyl (C=O) groups excluding carboxylic acids is 1. The van der Waals surface area contributed by atoms with Gasteiger partial charge in [-0.15, -0.1) is 0 Å². The van der Waals surface area contributed by atoms with Gasteiger partial charge in [-0.1, -0.05) is 24.8 Å². The van der Waals surface area contributed by atoms with Crippen molar-refractivity contribution in [2.45, 2.75) is 18.6 Å². The van der Waals surface area contributed by atoms with E-state index in [-0.39, 0.29) is 44.2 Å². The summed E-state index contributed by atoms with van der Waals surface area (Å²) < 4.78 is 27.1. The number of hydrogen-bond donors (Lipinski definition) is 1. The second-order valence-electron chi connectivity index (χ2n) is 6.53. The van der Waals surface area contributed by atoms with Crippen molar-refractivity contribution in [1.82, 2.24) is 0 Å². The lowest BCUT2D eigenvalue weighted by molar-refractivity contribution is -0.163. The molecule has 160 valence electrons. The van der Waals surface area contributed by atoms with Crippen molar-refractivity contribution in [2.75, 3.05) is 33.0 Å². The van der Waals surface area contributed by atoms with Crippen molar-refractivity contribution >= 4 is 16.9 Å². The zero-order valence-corrected chi connectivity index (χ0v) is 16.5. The van der Waals surface area contributed by atoms with E-state index in [1.165, 1.54) is 12.3 Å². The first-order valence-electron chi connectivity index (χ1n) is 9.61. The quantitative estimate of drug-likeness (QED) is 0.357. The molecule has 2 aromatic rings. The van der Waals surface area contributed by atoms with Crippen LogP contribution in [0.4, 0.5) is 0 Å². The first-order chi connectivity index (χ1) is 14.6. The summed E-state index contributed by atoms with van der Waals surface area (Å²) in [5.41, 5.74) is 0.710. The molecule has 1 aliphatic heterocycles. The van der Waals surface area contributed by atoms with Crippen molar-refractivity contribution in [3.05, 3.63) is 70.8 Å². The molecule has 2 heterocycles. The summed E-state index contributed by atoms with van der Waals surface area (Å²) in [6.07, 6.45) is 3.93. The Hall–Kier alpha value is -2.94. The van der Waals surface area contributed by atoms with E-state index < -0.39 is 18.2 Å². The van der Waals surface area contributed by atoms with Gasteiger partial charge in [0, 0.05) is 17.9 Å². The predicted molar refractivity (Wildman–Crippen MR) is 108 cm³/mol. The summed E-state index contributed by atoms with van der Waals surface area (Å²) in [5.74, 6) is -1.17. The molecular formula is C22H24O8. The van der Waals surface area contributed by atoms with Gasteiger partial charge in [-0.2, -0.15) is 0 Å². The van der Waals surface area contributed by atoms with Crippen molar-refractivity contribution in [1.29, 1.82) is 0 Å². The SMILES string of the molecule is C=CCOC(=O)C1=C[C@H](c2coc3ccccc3c2=O)C[C@H](OCCOCCO)O1. The third-order valence-corrected chi connectivity index (χ3v) is 4.46. The summed E-state index contributed by atoms with van der Waals surface area (Å²) in [4.78, 5) is 25.3. The third-order valence-electron chi connectivity index (χ3n) is 4.46. The van der Waals surface area contributed by atoms with Crippen LogP contribution >= 0.6 is 0 Å². The molecule has 2 atom stereocenters. The van der Waals surface area contributed by atoms with E-state index in [1.54, 1.807) is 30.3 Å². The maximum absolute atomic E-state index is 13.0. The predicted octanol–water partition coefficient (Wildman–Crippen LogP) is 2.26. The number of ether oxygens (including phenoxy) is 4. The Morgan fingerprint density at radius 1 is 1.27 bits per heavy atom. The monoisotopic (exact) mass is 416 g/mol. The molecule has 30 heavy (non-hydrogen) atoms. The van der Waals surface area contributed by atoms with Crippen LogP contribution in [0, 0.1) is 0 Å². The van der Waals surface area contributed by atoms with E-state index in [4.69, 9.17) is 28.5 Å². The Kier molecular flexibility index (Phi) is 7.78. The largest absolute Gasteiger partial charge is 0.464 e. The Morgan fingerprint density at radius 3 is 2.90 bits per heavy atom. The van der Waals surface area contributed by atoms with E-state index in [2.05, 4.69) is 6.58 Å². The first-order valence-corrected chi connectivity index (χ1v) is 9.61. The number of fused-ring (bicyclic) bond motifs is 1. The van der Waals surface area contributed by atoms with E-state index in [9.17, 15) is 9.59 Å². The van der Waals surface area contributed by atoms with Crippen LogP contribution < -0.4 is 5.43 Å². The molecule has 0 saturated carbocycles. The highest BCUT2D eigenvalue weighted by Crippen LogP contribution is 2.31. The number of esters is 1. The van der Waals surface area contributed by atoms with E-state index >= 15 is 0 Å². The van der Waals surface area contributed by atoms with Crippen LogP contribution in [0.3, 0.4) is 0 Å². The molecule has 8 heteroatoms. The van der Waals surface area contributed by atoms with Gasteiger partial charge < -0.3 is 28.5 Å². The molecule has 1 aromatic carbocycles. The fourth-order valence-electron chi connectivity index (χ4n) is 3.08. The zero-order chi connectivity index (χ0) is 21.3. The van der Waals surface area contributed by atoms with E-state index in [0.29, 0.717) is 23.0 Å². The fraction of sp³-hybridized carbons (Fsp3) is 0.364. The number of rotatable bonds is 10. The number of para-hydroxylation sites is 1. The molecular weight excluding hydrogens is 392 g/mol. The molecule has 0 amide bonds. The number of aliphatic hydroxyl groups excluding tert-OH is 1. The van der Waals surface area contributed by atoms with Gasteiger partial charge in [0.15, 0.2) is 5.43 Å². The molecule has 1 aromatic heterocycles. The Labute approximate surface area is 173 Å². The molecule has 0 fully saturated rings. The summed E-state index contributed by atoms with van der Waals surface area (Å²) >= 11 is 0. The van der Waals surface area contributed by atoms with E-state index in [0.717, 1.165) is 0 Å². The van der Waals surface area contributed by atoms with Crippen molar-refractivity contribution in [2.24, 2.45) is 0 Å². The molecule has 1 aliphatic rings. The minimum atomic E-state index is -0.783. The molecule has 0 spiro atoms. The molecule has 1 N–H and O–H groups in total. The van der Waals surface area contributed by atoms with Crippen molar-refractivity contribution < 1.29 is 33.3 Å². The second-order valence-corrected chi connectivity index (χ2v) is 6.53. The van der Waals surface area contributed by atoms with Crippen molar-refractivity contribution in [3.8, 4) is 0 Å². The highest BCUT2D eigenvalue weighted by Gasteiger charge is 2.31. The van der Waals surface area contributed by atoms with Crippen LogP contribution in [0.2, 0.25) is 0 Å². The van der Waals surface area contributed by atoms with Gasteiger partial charge in [-0.25, -0.2) is 4.79 Å². The Bertz CT molecular complexity index is 961. The van der Waals surface area contributed by atoms with Crippen LogP contribution in [-0.2, 0) is 23.7 Å². The van der Waals surface area contributed by atoms with Gasteiger partial charge >= 0.3 is 5.97 Å². The topological polar surface area (TPSA) is 104 Å². The smallest absolute Gasteiger partial charge is 0.373 e. The summed E-state index contributed by atoms with van der Waals surface area (Å²) in [6, 6.07) is 6.96. The number of hydrogen-bond acceptors (Lipinski definition) is 8. The van der Waals surface area contributed by atoms with Gasteiger partial charge in [-0.3, -0.25) is 4.79 Å². The lowest BCUT2D eigenvalue weighted by Crippen LogP contribution is -2.30. The molecule has 0 unspecified atom stereocenters. The van der Waals surface area contributed by atoms with Crippen molar-refractivity contribution in [3.63, 3.8) is 0 Å². The zero-order valence-electron chi connectivity index (χ0n) is 16.5. The van der Waals surface area contributed by atoms with Crippen LogP contribution in [0.25, 0.3) is 11.0 Å². The maximum Gasteiger partial charge on any atom is 0.373 e. The average Bonchev–Trinajstić information content (AvgIpc) is 2.77. The molecule has 0 radical (unpaired) electrons. The molecule has 8 nitrogen and oxygen atoms in total. The number of carbonyl (C=O) groups is 1. The minimum absolute atomic E-state index is 0.0306. The number of benzene rings is 1. The molecule has 0 aliphatic carbocycles. The lowest BCUT2D eigenvalue weighted by Gasteiger charge is -2.28. The Morgan fingerprint density at radius 2 is 2.10 bits per heavy atom. The first kappa shape index (κ1) is 21.8. The van der Waals surface area contributed by atoms with Gasteiger partial charge in [0.1, 0.15) is 12.2 Å². The normalized spacial score (nSPS) is 18.5. The minimum Gasteiger partial charge on any atom is -0.464 e. The maximum atomic E-state index is 13.0. The highest BCUT2D eigenvalue weighted by atomic mass is 16.7. The summed E-state index contributed by atoms with van der Waals surface area (Å²) in [7, 11) is 0. The van der Waals surface area contributed by atoms with Gasteiger partial charge in [0.05, 0.1) is 38.1 Å². The number of allylic oxidation sites excluding steroid dienone is 1. The van der Waals surface area contributed by atoms with Crippen LogP contribution in [0.5, 0.6) is 0 Å². The van der Waals surface area contributed by atoms with Crippen LogP contribution in [0.15, 0.2) is 64.2 Å².